The molecular weight excluding hydrogens is 453 g/mol. The van der Waals surface area contributed by atoms with E-state index in [0.717, 1.165) is 38.0 Å². The lowest BCUT2D eigenvalue weighted by Gasteiger charge is -2.18. The minimum atomic E-state index is -4.40. The Balaban J connectivity index is 0.000000237. The van der Waals surface area contributed by atoms with Crippen LogP contribution in [-0.2, 0) is 0 Å². The van der Waals surface area contributed by atoms with Gasteiger partial charge in [-0.05, 0) is 30.9 Å². The predicted octanol–water partition coefficient (Wildman–Crippen LogP) is 5.34. The van der Waals surface area contributed by atoms with Crippen molar-refractivity contribution in [3.63, 3.8) is 0 Å². The van der Waals surface area contributed by atoms with Crippen LogP contribution in [0, 0.1) is 0 Å². The number of carbonyl (C=O) groups excluding carboxylic acids is 2. The number of amides is 2. The van der Waals surface area contributed by atoms with E-state index in [2.05, 4.69) is 23.8 Å². The number of hydrogen-bond donors (Lipinski definition) is 0. The fraction of sp³-hybridized carbons (Fsp3) is 0.565. The second-order valence-corrected chi connectivity index (χ2v) is 9.49. The van der Waals surface area contributed by atoms with Gasteiger partial charge in [-0.3, -0.25) is 9.59 Å². The summed E-state index contributed by atoms with van der Waals surface area (Å²) in [4.78, 5) is 34.7. The molecule has 0 bridgehead atoms. The van der Waals surface area contributed by atoms with Gasteiger partial charge in [-0.1, -0.05) is 33.8 Å². The van der Waals surface area contributed by atoms with E-state index < -0.39 is 18.6 Å². The van der Waals surface area contributed by atoms with Crippen molar-refractivity contribution in [2.45, 2.75) is 58.5 Å². The van der Waals surface area contributed by atoms with E-state index in [1.807, 2.05) is 24.1 Å². The molecule has 2 amide bonds. The molecule has 6 nitrogen and oxygen atoms in total. The Morgan fingerprint density at radius 3 is 2.21 bits per heavy atom. The first-order valence-corrected chi connectivity index (χ1v) is 11.8. The Hall–Kier alpha value is -2.49. The van der Waals surface area contributed by atoms with Crippen LogP contribution in [0.4, 0.5) is 13.2 Å². The molecule has 0 N–H and O–H groups in total. The topological polar surface area (TPSA) is 66.4 Å². The lowest BCUT2D eigenvalue weighted by molar-refractivity contribution is -0.138. The van der Waals surface area contributed by atoms with Gasteiger partial charge in [0.2, 0.25) is 0 Å². The number of halogens is 3. The van der Waals surface area contributed by atoms with Crippen LogP contribution in [0.25, 0.3) is 0 Å². The van der Waals surface area contributed by atoms with Crippen LogP contribution in [-0.4, -0.2) is 64.4 Å². The molecule has 0 atom stereocenters. The Morgan fingerprint density at radius 2 is 1.70 bits per heavy atom. The molecule has 1 saturated heterocycles. The maximum Gasteiger partial charge on any atom is 0.406 e. The third-order valence-electron chi connectivity index (χ3n) is 4.97. The summed E-state index contributed by atoms with van der Waals surface area (Å²) in [6.45, 7) is 8.51. The fourth-order valence-corrected chi connectivity index (χ4v) is 3.97. The maximum atomic E-state index is 12.2. The van der Waals surface area contributed by atoms with Crippen LogP contribution in [0.5, 0.6) is 0 Å². The zero-order valence-corrected chi connectivity index (χ0v) is 20.5. The monoisotopic (exact) mass is 484 g/mol. The number of carbonyl (C=O) groups is 2. The standard InChI is InChI=1S/C12H15F3N2O.C11H16N2OS/c1-8(2)9-5-4-6-10(16-9)11(18)17(3)7-12(13,14)15;1-8(2)10-12-9(7-15-10)11(14)13-5-3-4-6-13/h4-6,8H,7H2,1-3H3;7-8H,3-6H2,1-2H3. The molecule has 0 unspecified atom stereocenters. The number of alkyl halides is 3. The van der Waals surface area contributed by atoms with Crippen molar-refractivity contribution in [1.82, 2.24) is 19.8 Å². The molecule has 1 aliphatic rings. The van der Waals surface area contributed by atoms with Crippen LogP contribution in [0.15, 0.2) is 23.6 Å². The summed E-state index contributed by atoms with van der Waals surface area (Å²) in [6, 6.07) is 4.78. The average Bonchev–Trinajstić information content (AvgIpc) is 3.44. The van der Waals surface area contributed by atoms with E-state index in [1.54, 1.807) is 23.5 Å². The van der Waals surface area contributed by atoms with Crippen LogP contribution in [0.1, 0.15) is 84.1 Å². The second-order valence-electron chi connectivity index (χ2n) is 8.60. The number of pyridine rings is 1. The van der Waals surface area contributed by atoms with Crippen molar-refractivity contribution in [3.05, 3.63) is 45.7 Å². The molecule has 3 rings (SSSR count). The summed E-state index contributed by atoms with van der Waals surface area (Å²) >= 11 is 1.59. The van der Waals surface area contributed by atoms with Crippen molar-refractivity contribution >= 4 is 23.2 Å². The summed E-state index contributed by atoms with van der Waals surface area (Å²) in [5, 5.41) is 2.94. The predicted molar refractivity (Wildman–Crippen MR) is 123 cm³/mol. The van der Waals surface area contributed by atoms with Crippen molar-refractivity contribution in [1.29, 1.82) is 0 Å². The van der Waals surface area contributed by atoms with Crippen LogP contribution in [0.3, 0.4) is 0 Å². The molecule has 2 aromatic heterocycles. The van der Waals surface area contributed by atoms with Crippen molar-refractivity contribution in [2.75, 3.05) is 26.7 Å². The number of likely N-dealkylation sites (tertiary alicyclic amines) is 1. The molecule has 2 aromatic rings. The third-order valence-corrected chi connectivity index (χ3v) is 6.12. The molecule has 1 fully saturated rings. The highest BCUT2D eigenvalue weighted by atomic mass is 32.1. The van der Waals surface area contributed by atoms with Crippen LogP contribution >= 0.6 is 11.3 Å². The molecule has 3 heterocycles. The zero-order valence-electron chi connectivity index (χ0n) is 19.6. The van der Waals surface area contributed by atoms with E-state index in [1.165, 1.54) is 6.07 Å². The first kappa shape index (κ1) is 26.8. The minimum Gasteiger partial charge on any atom is -0.337 e. The van der Waals surface area contributed by atoms with E-state index in [4.69, 9.17) is 0 Å². The molecule has 182 valence electrons. The fourth-order valence-electron chi connectivity index (χ4n) is 3.16. The number of thiazole rings is 1. The largest absolute Gasteiger partial charge is 0.406 e. The Kier molecular flexibility index (Phi) is 9.39. The SMILES string of the molecule is CC(C)c1cccc(C(=O)N(C)CC(F)(F)F)n1.CC(C)c1nc(C(=O)N2CCCC2)cs1. The summed E-state index contributed by atoms with van der Waals surface area (Å²) in [5.74, 6) is -0.0914. The van der Waals surface area contributed by atoms with Gasteiger partial charge in [0.1, 0.15) is 17.9 Å². The Labute approximate surface area is 196 Å². The molecule has 10 heteroatoms. The van der Waals surface area contributed by atoms with Gasteiger partial charge in [-0.15, -0.1) is 11.3 Å². The van der Waals surface area contributed by atoms with Crippen LogP contribution in [0.2, 0.25) is 0 Å². The van der Waals surface area contributed by atoms with Crippen molar-refractivity contribution in [3.8, 4) is 0 Å². The maximum absolute atomic E-state index is 12.2. The van der Waals surface area contributed by atoms with E-state index in [9.17, 15) is 22.8 Å². The lowest BCUT2D eigenvalue weighted by atomic mass is 10.1. The quantitative estimate of drug-likeness (QED) is 0.575. The molecule has 0 aromatic carbocycles. The molecular formula is C23H31F3N4O2S. The Morgan fingerprint density at radius 1 is 1.06 bits per heavy atom. The highest BCUT2D eigenvalue weighted by molar-refractivity contribution is 7.09. The lowest BCUT2D eigenvalue weighted by Crippen LogP contribution is -2.36. The van der Waals surface area contributed by atoms with Gasteiger partial charge in [-0.2, -0.15) is 13.2 Å². The van der Waals surface area contributed by atoms with E-state index in [0.29, 0.717) is 22.2 Å². The highest BCUT2D eigenvalue weighted by Gasteiger charge is 2.32. The molecule has 0 radical (unpaired) electrons. The summed E-state index contributed by atoms with van der Waals surface area (Å²) in [7, 11) is 1.11. The van der Waals surface area contributed by atoms with Gasteiger partial charge in [0.15, 0.2) is 0 Å². The van der Waals surface area contributed by atoms with Crippen molar-refractivity contribution < 1.29 is 22.8 Å². The average molecular weight is 485 g/mol. The van der Waals surface area contributed by atoms with E-state index >= 15 is 0 Å². The van der Waals surface area contributed by atoms with Gasteiger partial charge in [-0.25, -0.2) is 9.97 Å². The summed E-state index contributed by atoms with van der Waals surface area (Å²) in [5.41, 5.74) is 1.35. The van der Waals surface area contributed by atoms with Crippen molar-refractivity contribution in [2.24, 2.45) is 0 Å². The smallest absolute Gasteiger partial charge is 0.337 e. The van der Waals surface area contributed by atoms with Gasteiger partial charge >= 0.3 is 6.18 Å². The molecule has 0 spiro atoms. The number of aromatic nitrogens is 2. The number of hydrogen-bond acceptors (Lipinski definition) is 5. The molecule has 33 heavy (non-hydrogen) atoms. The molecule has 0 aliphatic carbocycles. The number of nitrogens with zero attached hydrogens (tertiary/aromatic N) is 4. The Bertz CT molecular complexity index is 938. The molecule has 1 aliphatic heterocycles. The first-order chi connectivity index (χ1) is 15.4. The molecule has 0 saturated carbocycles. The second kappa shape index (κ2) is 11.6. The van der Waals surface area contributed by atoms with E-state index in [-0.39, 0.29) is 17.5 Å². The van der Waals surface area contributed by atoms with Crippen LogP contribution < -0.4 is 0 Å². The van der Waals surface area contributed by atoms with Gasteiger partial charge < -0.3 is 9.80 Å². The van der Waals surface area contributed by atoms with Gasteiger partial charge in [0.05, 0.1) is 5.01 Å². The first-order valence-electron chi connectivity index (χ1n) is 10.9. The minimum absolute atomic E-state index is 0.0351. The van der Waals surface area contributed by atoms with Gasteiger partial charge in [0, 0.05) is 37.1 Å². The normalized spacial score (nSPS) is 13.8. The highest BCUT2D eigenvalue weighted by Crippen LogP contribution is 2.21. The summed E-state index contributed by atoms with van der Waals surface area (Å²) in [6.07, 6.45) is -2.14. The summed E-state index contributed by atoms with van der Waals surface area (Å²) < 4.78 is 36.5. The zero-order chi connectivity index (χ0) is 24.8. The third kappa shape index (κ3) is 8.10. The van der Waals surface area contributed by atoms with Gasteiger partial charge in [0.25, 0.3) is 11.8 Å². The number of rotatable bonds is 5.